The quantitative estimate of drug-likeness (QED) is 0.385. The van der Waals surface area contributed by atoms with Crippen LogP contribution in [0.1, 0.15) is 64.7 Å². The first-order valence-corrected chi connectivity index (χ1v) is 7.47. The zero-order valence-electron chi connectivity index (χ0n) is 12.2. The topological polar surface area (TPSA) is 37.3 Å². The van der Waals surface area contributed by atoms with Gasteiger partial charge in [-0.05, 0) is 25.7 Å². The van der Waals surface area contributed by atoms with E-state index in [1.165, 1.54) is 19.3 Å². The van der Waals surface area contributed by atoms with Crippen molar-refractivity contribution in [3.63, 3.8) is 0 Å². The molecule has 1 N–H and O–H groups in total. The number of unbranched alkanes of at least 4 members (excludes halogenated alkanes) is 6. The van der Waals surface area contributed by atoms with Crippen molar-refractivity contribution in [2.45, 2.75) is 64.7 Å². The molecule has 2 nitrogen and oxygen atoms in total. The molecule has 2 heteroatoms. The Morgan fingerprint density at radius 3 is 2.05 bits per heavy atom. The maximum Gasteiger partial charge on any atom is 0.303 e. The van der Waals surface area contributed by atoms with E-state index in [4.69, 9.17) is 5.11 Å². The van der Waals surface area contributed by atoms with Crippen LogP contribution < -0.4 is 0 Å². The van der Waals surface area contributed by atoms with E-state index in [9.17, 15) is 4.79 Å². The Bertz CT molecular complexity index is 288. The second kappa shape index (κ2) is 14.7. The van der Waals surface area contributed by atoms with Crippen molar-refractivity contribution in [3.05, 3.63) is 36.5 Å². The second-order valence-corrected chi connectivity index (χ2v) is 4.73. The van der Waals surface area contributed by atoms with E-state index in [0.717, 1.165) is 32.1 Å². The highest BCUT2D eigenvalue weighted by Gasteiger charge is 1.95. The van der Waals surface area contributed by atoms with Crippen molar-refractivity contribution in [2.75, 3.05) is 0 Å². The number of rotatable bonds is 12. The normalized spacial score (nSPS) is 12.1. The van der Waals surface area contributed by atoms with Crippen LogP contribution in [0.5, 0.6) is 0 Å². The maximum absolute atomic E-state index is 10.3. The van der Waals surface area contributed by atoms with E-state index >= 15 is 0 Å². The number of carboxylic acids is 1. The summed E-state index contributed by atoms with van der Waals surface area (Å²) in [5.74, 6) is -0.678. The monoisotopic (exact) mass is 264 g/mol. The summed E-state index contributed by atoms with van der Waals surface area (Å²) in [6, 6.07) is 0. The van der Waals surface area contributed by atoms with Gasteiger partial charge in [0.1, 0.15) is 0 Å². The minimum Gasteiger partial charge on any atom is -0.481 e. The minimum atomic E-state index is -0.678. The summed E-state index contributed by atoms with van der Waals surface area (Å²) in [5, 5.41) is 8.48. The van der Waals surface area contributed by atoms with Gasteiger partial charge in [-0.1, -0.05) is 69.1 Å². The molecule has 0 rings (SSSR count). The van der Waals surface area contributed by atoms with Gasteiger partial charge in [-0.25, -0.2) is 0 Å². The lowest BCUT2D eigenvalue weighted by Gasteiger charge is -1.97. The Labute approximate surface area is 117 Å². The van der Waals surface area contributed by atoms with Gasteiger partial charge >= 0.3 is 5.97 Å². The van der Waals surface area contributed by atoms with Crippen molar-refractivity contribution in [1.82, 2.24) is 0 Å². The van der Waals surface area contributed by atoms with Crippen LogP contribution in [0.4, 0.5) is 0 Å². The number of carboxylic acid groups (broad SMARTS) is 1. The zero-order chi connectivity index (χ0) is 14.2. The lowest BCUT2D eigenvalue weighted by Crippen LogP contribution is -1.93. The molecule has 0 aromatic heterocycles. The number of hydrogen-bond acceptors (Lipinski definition) is 1. The molecule has 108 valence electrons. The van der Waals surface area contributed by atoms with Gasteiger partial charge in [-0.2, -0.15) is 0 Å². The molecule has 0 saturated heterocycles. The summed E-state index contributed by atoms with van der Waals surface area (Å²) >= 11 is 0. The SMILES string of the molecule is CCC/C=C/C=C/C=C/CCCCCCCC(=O)O. The standard InChI is InChI=1S/C17H28O2/c1-2-3-4-5-6-7-8-9-10-11-12-13-14-15-16-17(18)19/h4-9H,2-3,10-16H2,1H3,(H,18,19)/b5-4+,7-6+,9-8+. The fraction of sp³-hybridized carbons (Fsp3) is 0.588. The summed E-state index contributed by atoms with van der Waals surface area (Å²) in [5.41, 5.74) is 0. The number of carbonyl (C=O) groups is 1. The van der Waals surface area contributed by atoms with Crippen LogP contribution in [0, 0.1) is 0 Å². The Kier molecular flexibility index (Phi) is 13.7. The second-order valence-electron chi connectivity index (χ2n) is 4.73. The first-order chi connectivity index (χ1) is 9.27. The number of hydrogen-bond donors (Lipinski definition) is 1. The Morgan fingerprint density at radius 1 is 0.842 bits per heavy atom. The largest absolute Gasteiger partial charge is 0.481 e. The molecule has 0 aliphatic carbocycles. The van der Waals surface area contributed by atoms with Crippen molar-refractivity contribution in [1.29, 1.82) is 0 Å². The molecule has 0 aromatic rings. The Balaban J connectivity index is 3.27. The van der Waals surface area contributed by atoms with Crippen molar-refractivity contribution in [3.8, 4) is 0 Å². The summed E-state index contributed by atoms with van der Waals surface area (Å²) < 4.78 is 0. The molecule has 0 aliphatic heterocycles. The van der Waals surface area contributed by atoms with Crippen molar-refractivity contribution in [2.24, 2.45) is 0 Å². The van der Waals surface area contributed by atoms with E-state index < -0.39 is 5.97 Å². The Morgan fingerprint density at radius 2 is 1.42 bits per heavy atom. The van der Waals surface area contributed by atoms with Crippen molar-refractivity contribution >= 4 is 5.97 Å². The molecule has 0 aliphatic rings. The smallest absolute Gasteiger partial charge is 0.303 e. The molecule has 19 heavy (non-hydrogen) atoms. The van der Waals surface area contributed by atoms with Crippen LogP contribution in [0.25, 0.3) is 0 Å². The van der Waals surface area contributed by atoms with Gasteiger partial charge < -0.3 is 5.11 Å². The van der Waals surface area contributed by atoms with Crippen LogP contribution in [0.2, 0.25) is 0 Å². The third kappa shape index (κ3) is 16.7. The summed E-state index contributed by atoms with van der Waals surface area (Å²) in [6.07, 6.45) is 21.9. The van der Waals surface area contributed by atoms with Gasteiger partial charge in [0.25, 0.3) is 0 Å². The third-order valence-corrected chi connectivity index (χ3v) is 2.82. The molecule has 0 atom stereocenters. The van der Waals surface area contributed by atoms with Gasteiger partial charge in [0.05, 0.1) is 0 Å². The Hall–Kier alpha value is -1.31. The van der Waals surface area contributed by atoms with Crippen LogP contribution in [-0.4, -0.2) is 11.1 Å². The molecule has 0 radical (unpaired) electrons. The molecule has 0 fully saturated rings. The first kappa shape index (κ1) is 17.7. The molecule has 0 unspecified atom stereocenters. The highest BCUT2D eigenvalue weighted by molar-refractivity contribution is 5.66. The van der Waals surface area contributed by atoms with Gasteiger partial charge in [0.2, 0.25) is 0 Å². The summed E-state index contributed by atoms with van der Waals surface area (Å²) in [4.78, 5) is 10.3. The van der Waals surface area contributed by atoms with Gasteiger partial charge in [-0.3, -0.25) is 4.79 Å². The highest BCUT2D eigenvalue weighted by Crippen LogP contribution is 2.07. The molecule has 0 saturated carbocycles. The predicted molar refractivity (Wildman–Crippen MR) is 82.3 cm³/mol. The molecular formula is C17H28O2. The molecule has 0 amide bonds. The zero-order valence-corrected chi connectivity index (χ0v) is 12.2. The van der Waals surface area contributed by atoms with Crippen LogP contribution in [0.3, 0.4) is 0 Å². The van der Waals surface area contributed by atoms with Gasteiger partial charge in [-0.15, -0.1) is 0 Å². The summed E-state index contributed by atoms with van der Waals surface area (Å²) in [6.45, 7) is 2.18. The number of aliphatic carboxylic acids is 1. The predicted octanol–water partition coefficient (Wildman–Crippen LogP) is 5.27. The maximum atomic E-state index is 10.3. The van der Waals surface area contributed by atoms with Crippen LogP contribution in [-0.2, 0) is 4.79 Å². The van der Waals surface area contributed by atoms with Crippen LogP contribution in [0.15, 0.2) is 36.5 Å². The molecular weight excluding hydrogens is 236 g/mol. The van der Waals surface area contributed by atoms with E-state index in [1.807, 2.05) is 0 Å². The van der Waals surface area contributed by atoms with Gasteiger partial charge in [0.15, 0.2) is 0 Å². The molecule has 0 spiro atoms. The lowest BCUT2D eigenvalue weighted by atomic mass is 10.1. The minimum absolute atomic E-state index is 0.316. The molecule has 0 aromatic carbocycles. The van der Waals surface area contributed by atoms with E-state index in [-0.39, 0.29) is 0 Å². The van der Waals surface area contributed by atoms with E-state index in [0.29, 0.717) is 6.42 Å². The third-order valence-electron chi connectivity index (χ3n) is 2.82. The average molecular weight is 264 g/mol. The molecule has 0 bridgehead atoms. The highest BCUT2D eigenvalue weighted by atomic mass is 16.4. The number of allylic oxidation sites excluding steroid dienone is 6. The van der Waals surface area contributed by atoms with Crippen molar-refractivity contribution < 1.29 is 9.90 Å². The fourth-order valence-electron chi connectivity index (χ4n) is 1.71. The van der Waals surface area contributed by atoms with Gasteiger partial charge in [0, 0.05) is 6.42 Å². The average Bonchev–Trinajstić information content (AvgIpc) is 2.39. The van der Waals surface area contributed by atoms with E-state index in [1.54, 1.807) is 0 Å². The van der Waals surface area contributed by atoms with Crippen LogP contribution >= 0.6 is 0 Å². The molecule has 0 heterocycles. The fourth-order valence-corrected chi connectivity index (χ4v) is 1.71. The van der Waals surface area contributed by atoms with E-state index in [2.05, 4.69) is 43.4 Å². The summed E-state index contributed by atoms with van der Waals surface area (Å²) in [7, 11) is 0. The first-order valence-electron chi connectivity index (χ1n) is 7.47. The lowest BCUT2D eigenvalue weighted by molar-refractivity contribution is -0.137.